The van der Waals surface area contributed by atoms with Crippen LogP contribution in [0.4, 0.5) is 11.4 Å². The molecule has 0 atom stereocenters. The maximum absolute atomic E-state index is 12.6. The van der Waals surface area contributed by atoms with Gasteiger partial charge in [-0.25, -0.2) is 27.1 Å². The molecule has 0 radical (unpaired) electrons. The first kappa shape index (κ1) is 38.7. The van der Waals surface area contributed by atoms with Gasteiger partial charge in [0.2, 0.25) is 31.9 Å². The van der Waals surface area contributed by atoms with E-state index in [1.165, 1.54) is 46.2 Å². The second-order valence-corrected chi connectivity index (χ2v) is 13.2. The van der Waals surface area contributed by atoms with Crippen molar-refractivity contribution in [2.45, 2.75) is 9.79 Å². The zero-order chi connectivity index (χ0) is 35.4. The third-order valence-electron chi connectivity index (χ3n) is 6.20. The third kappa shape index (κ3) is 15.1. The number of hydrogen-bond acceptors (Lipinski definition) is 14. The number of benzene rings is 2. The zero-order valence-electron chi connectivity index (χ0n) is 24.7. The number of nitrogens with two attached hydrogens (primary N) is 2. The number of rotatable bonds is 20. The molecule has 0 aliphatic carbocycles. The molecule has 2 aromatic carbocycles. The standard InChI is InChI=1S/C26H35N7O12S2/c27-46(42,43)20-5-1-18(2-6-20)29-22(34)13-32(16-25(38)39)11-9-31(15-24(36)37)10-12-33(17-26(40)41)14-23(35)30-19-3-7-21(8-4-19)47(28,44)45/h1-8H,9-17H2,(H,29,34)(H,30,35)(H,36,37)(H,38,39)(H,40,41)(H2,27,42,43)(H2,28,44,45)/p-2. The van der Waals surface area contributed by atoms with Crippen LogP contribution in [0.25, 0.3) is 0 Å². The van der Waals surface area contributed by atoms with Crippen LogP contribution >= 0.6 is 0 Å². The highest BCUT2D eigenvalue weighted by Crippen LogP contribution is 2.14. The van der Waals surface area contributed by atoms with Crippen molar-refractivity contribution in [3.8, 4) is 0 Å². The van der Waals surface area contributed by atoms with Crippen LogP contribution in [0.2, 0.25) is 0 Å². The fraction of sp³-hybridized carbons (Fsp3) is 0.346. The van der Waals surface area contributed by atoms with Gasteiger partial charge in [0.25, 0.3) is 0 Å². The molecule has 0 fully saturated rings. The number of aliphatic carboxylic acids is 3. The number of nitrogens with zero attached hydrogens (tertiary/aromatic N) is 3. The summed E-state index contributed by atoms with van der Waals surface area (Å²) in [5.41, 5.74) is 0.395. The summed E-state index contributed by atoms with van der Waals surface area (Å²) < 4.78 is 45.6. The molecular weight excluding hydrogens is 666 g/mol. The Bertz CT molecular complexity index is 1540. The molecular formula is C26H33N7O12S2-2. The van der Waals surface area contributed by atoms with Crippen LogP contribution in [0.1, 0.15) is 0 Å². The third-order valence-corrected chi connectivity index (χ3v) is 8.06. The lowest BCUT2D eigenvalue weighted by Crippen LogP contribution is -2.49. The summed E-state index contributed by atoms with van der Waals surface area (Å²) in [5.74, 6) is -5.65. The molecule has 2 rings (SSSR count). The van der Waals surface area contributed by atoms with Gasteiger partial charge in [-0.15, -0.1) is 0 Å². The molecule has 0 aromatic heterocycles. The first-order valence-electron chi connectivity index (χ1n) is 13.5. The van der Waals surface area contributed by atoms with Crippen LogP contribution in [-0.2, 0) is 44.0 Å². The molecule has 21 heteroatoms. The largest absolute Gasteiger partial charge is 0.549 e. The van der Waals surface area contributed by atoms with E-state index in [1.54, 1.807) is 0 Å². The van der Waals surface area contributed by atoms with Crippen molar-refractivity contribution >= 4 is 61.1 Å². The fourth-order valence-corrected chi connectivity index (χ4v) is 5.11. The first-order valence-corrected chi connectivity index (χ1v) is 16.5. The minimum Gasteiger partial charge on any atom is -0.549 e. The van der Waals surface area contributed by atoms with Gasteiger partial charge in [-0.1, -0.05) is 0 Å². The van der Waals surface area contributed by atoms with Gasteiger partial charge < -0.3 is 35.5 Å². The van der Waals surface area contributed by atoms with Gasteiger partial charge in [0, 0.05) is 50.6 Å². The van der Waals surface area contributed by atoms with Crippen molar-refractivity contribution in [2.24, 2.45) is 10.3 Å². The van der Waals surface area contributed by atoms with E-state index >= 15 is 0 Å². The number of carbonyl (C=O) groups excluding carboxylic acids is 4. The van der Waals surface area contributed by atoms with Gasteiger partial charge >= 0.3 is 5.97 Å². The molecule has 0 aliphatic heterocycles. The highest BCUT2D eigenvalue weighted by atomic mass is 32.2. The van der Waals surface area contributed by atoms with Crippen LogP contribution in [0.5, 0.6) is 0 Å². The minimum absolute atomic E-state index is 0.112. The summed E-state index contributed by atoms with van der Waals surface area (Å²) in [4.78, 5) is 62.5. The van der Waals surface area contributed by atoms with E-state index in [0.29, 0.717) is 0 Å². The average molecular weight is 700 g/mol. The number of carboxylic acids is 3. The lowest BCUT2D eigenvalue weighted by Gasteiger charge is -2.29. The molecule has 0 saturated heterocycles. The molecule has 0 heterocycles. The Morgan fingerprint density at radius 1 is 0.574 bits per heavy atom. The van der Waals surface area contributed by atoms with Crippen LogP contribution in [-0.4, -0.2) is 125 Å². The molecule has 2 amide bonds. The van der Waals surface area contributed by atoms with Gasteiger partial charge in [0.15, 0.2) is 0 Å². The quantitative estimate of drug-likeness (QED) is 0.0865. The molecule has 0 unspecified atom stereocenters. The maximum atomic E-state index is 12.6. The van der Waals surface area contributed by atoms with E-state index in [4.69, 9.17) is 10.3 Å². The predicted molar refractivity (Wildman–Crippen MR) is 160 cm³/mol. The highest BCUT2D eigenvalue weighted by molar-refractivity contribution is 7.89. The van der Waals surface area contributed by atoms with E-state index in [1.807, 2.05) is 0 Å². The molecule has 0 bridgehead atoms. The summed E-state index contributed by atoms with van der Waals surface area (Å²) in [6.07, 6.45) is 0. The van der Waals surface area contributed by atoms with E-state index in [9.17, 15) is 56.1 Å². The van der Waals surface area contributed by atoms with Crippen molar-refractivity contribution in [1.29, 1.82) is 0 Å². The smallest absolute Gasteiger partial charge is 0.317 e. The number of carboxylic acid groups (broad SMARTS) is 3. The minimum atomic E-state index is -3.96. The van der Waals surface area contributed by atoms with E-state index < -0.39 is 82.5 Å². The Balaban J connectivity index is 2.03. The van der Waals surface area contributed by atoms with E-state index in [0.717, 1.165) is 17.0 Å². The summed E-state index contributed by atoms with van der Waals surface area (Å²) in [6, 6.07) is 9.76. The van der Waals surface area contributed by atoms with Crippen LogP contribution in [0, 0.1) is 0 Å². The Hall–Kier alpha value is -4.51. The second-order valence-electron chi connectivity index (χ2n) is 10.1. The summed E-state index contributed by atoms with van der Waals surface area (Å²) >= 11 is 0. The lowest BCUT2D eigenvalue weighted by molar-refractivity contribution is -0.308. The molecule has 0 spiro atoms. The zero-order valence-corrected chi connectivity index (χ0v) is 26.4. The van der Waals surface area contributed by atoms with Crippen molar-refractivity contribution in [3.05, 3.63) is 48.5 Å². The summed E-state index contributed by atoms with van der Waals surface area (Å²) in [6.45, 7) is -3.41. The molecule has 0 aliphatic rings. The van der Waals surface area contributed by atoms with E-state index in [2.05, 4.69) is 10.6 Å². The number of anilines is 2. The Morgan fingerprint density at radius 2 is 0.894 bits per heavy atom. The maximum Gasteiger partial charge on any atom is 0.317 e. The summed E-state index contributed by atoms with van der Waals surface area (Å²) in [5, 5.41) is 47.0. The molecule has 7 N–H and O–H groups in total. The van der Waals surface area contributed by atoms with Gasteiger partial charge in [0.1, 0.15) is 0 Å². The topological polar surface area (TPSA) is 306 Å². The van der Waals surface area contributed by atoms with Gasteiger partial charge in [-0.2, -0.15) is 0 Å². The van der Waals surface area contributed by atoms with E-state index in [-0.39, 0.29) is 47.3 Å². The SMILES string of the molecule is NS(=O)(=O)c1ccc(NC(=O)CN(CCN(CCN(CC(=O)O)CC(=O)Nc2ccc(S(N)(=O)=O)cc2)CC(=O)[O-])CC(=O)[O-])cc1. The lowest BCUT2D eigenvalue weighted by atomic mass is 10.3. The van der Waals surface area contributed by atoms with Crippen LogP contribution in [0.3, 0.4) is 0 Å². The fourth-order valence-electron chi connectivity index (χ4n) is 4.08. The number of primary sulfonamides is 2. The predicted octanol–water partition coefficient (Wildman–Crippen LogP) is -4.95. The number of amides is 2. The Kier molecular flexibility index (Phi) is 14.3. The van der Waals surface area contributed by atoms with Crippen molar-refractivity contribution in [1.82, 2.24) is 14.7 Å². The number of sulfonamides is 2. The highest BCUT2D eigenvalue weighted by Gasteiger charge is 2.19. The van der Waals surface area contributed by atoms with Gasteiger partial charge in [0.05, 0.1) is 41.4 Å². The second kappa shape index (κ2) is 17.4. The first-order chi connectivity index (χ1) is 21.8. The molecule has 0 saturated carbocycles. The Labute approximate surface area is 269 Å². The molecule has 47 heavy (non-hydrogen) atoms. The molecule has 19 nitrogen and oxygen atoms in total. The number of nitrogens with one attached hydrogen (secondary N) is 2. The normalized spacial score (nSPS) is 11.9. The molecule has 258 valence electrons. The monoisotopic (exact) mass is 699 g/mol. The van der Waals surface area contributed by atoms with Crippen molar-refractivity contribution in [2.75, 3.05) is 69.5 Å². The van der Waals surface area contributed by atoms with Crippen LogP contribution < -0.4 is 31.1 Å². The Morgan fingerprint density at radius 3 is 1.21 bits per heavy atom. The summed E-state index contributed by atoms with van der Waals surface area (Å²) in [7, 11) is -7.92. The van der Waals surface area contributed by atoms with Gasteiger partial charge in [-0.05, 0) is 48.5 Å². The molecule has 2 aromatic rings. The number of carbonyl (C=O) groups is 5. The van der Waals surface area contributed by atoms with Crippen molar-refractivity contribution < 1.29 is 56.1 Å². The van der Waals surface area contributed by atoms with Crippen molar-refractivity contribution in [3.63, 3.8) is 0 Å². The number of hydrogen-bond donors (Lipinski definition) is 5. The average Bonchev–Trinajstić information content (AvgIpc) is 2.93. The van der Waals surface area contributed by atoms with Crippen LogP contribution in [0.15, 0.2) is 58.3 Å². The van der Waals surface area contributed by atoms with Gasteiger partial charge in [-0.3, -0.25) is 29.1 Å².